The summed E-state index contributed by atoms with van der Waals surface area (Å²) < 4.78 is 6.82. The molecule has 8 heteroatoms. The Hall–Kier alpha value is -2.83. The molecule has 0 aliphatic rings. The molecule has 25 heavy (non-hydrogen) atoms. The molecule has 2 rings (SSSR count). The second-order valence-corrected chi connectivity index (χ2v) is 12.4. The Morgan fingerprint density at radius 2 is 2.04 bits per heavy atom. The van der Waals surface area contributed by atoms with Gasteiger partial charge in [-0.2, -0.15) is 0 Å². The maximum atomic E-state index is 12.4. The molecular weight excluding hydrogens is 336 g/mol. The van der Waals surface area contributed by atoms with Crippen molar-refractivity contribution in [1.82, 2.24) is 4.57 Å². The molecule has 0 spiro atoms. The molecule has 0 N–H and O–H groups in total. The molecule has 1 aromatic heterocycles. The number of ether oxygens (including phenoxy) is 1. The van der Waals surface area contributed by atoms with Crippen LogP contribution in [0.4, 0.5) is 4.79 Å². The highest BCUT2D eigenvalue weighted by atomic mass is 28.3. The van der Waals surface area contributed by atoms with Crippen LogP contribution in [-0.4, -0.2) is 31.2 Å². The van der Waals surface area contributed by atoms with E-state index in [-0.39, 0.29) is 0 Å². The minimum atomic E-state index is -1.28. The molecular formula is C17H20N4O3Si. The Kier molecular flexibility index (Phi) is 5.79. The summed E-state index contributed by atoms with van der Waals surface area (Å²) in [6.07, 6.45) is 3.85. The number of aromatic nitrogens is 1. The van der Waals surface area contributed by atoms with Crippen LogP contribution in [-0.2, 0) is 9.53 Å². The normalized spacial score (nSPS) is 11.5. The Morgan fingerprint density at radius 3 is 2.72 bits per heavy atom. The van der Waals surface area contributed by atoms with E-state index in [9.17, 15) is 9.59 Å². The lowest BCUT2D eigenvalue weighted by molar-refractivity contribution is -0.113. The van der Waals surface area contributed by atoms with Crippen LogP contribution in [0.1, 0.15) is 5.56 Å². The number of benzene rings is 1. The van der Waals surface area contributed by atoms with Gasteiger partial charge in [0.1, 0.15) is 0 Å². The monoisotopic (exact) mass is 356 g/mol. The van der Waals surface area contributed by atoms with E-state index in [1.165, 1.54) is 16.7 Å². The number of fused-ring (bicyclic) bond motifs is 1. The van der Waals surface area contributed by atoms with Gasteiger partial charge >= 0.3 is 6.09 Å². The maximum absolute atomic E-state index is 12.4. The molecule has 0 aliphatic heterocycles. The molecule has 0 aliphatic carbocycles. The number of rotatable bonds is 5. The van der Waals surface area contributed by atoms with E-state index in [1.807, 2.05) is 24.3 Å². The van der Waals surface area contributed by atoms with Gasteiger partial charge in [-0.15, -0.1) is 0 Å². The number of hydrogen-bond donors (Lipinski definition) is 0. The fourth-order valence-corrected chi connectivity index (χ4v) is 2.96. The van der Waals surface area contributed by atoms with Crippen molar-refractivity contribution < 1.29 is 14.3 Å². The van der Waals surface area contributed by atoms with Gasteiger partial charge in [0.25, 0.3) is 0 Å². The molecule has 1 aromatic carbocycles. The van der Waals surface area contributed by atoms with Gasteiger partial charge in [0, 0.05) is 30.1 Å². The van der Waals surface area contributed by atoms with Crippen molar-refractivity contribution in [3.63, 3.8) is 0 Å². The van der Waals surface area contributed by atoms with Gasteiger partial charge < -0.3 is 4.74 Å². The summed E-state index contributed by atoms with van der Waals surface area (Å²) in [6.45, 7) is 7.04. The number of carbonyl (C=O) groups is 2. The maximum Gasteiger partial charge on any atom is 0.418 e. The summed E-state index contributed by atoms with van der Waals surface area (Å²) in [4.78, 5) is 26.2. The molecule has 0 radical (unpaired) electrons. The van der Waals surface area contributed by atoms with Crippen LogP contribution in [0.15, 0.2) is 41.7 Å². The zero-order valence-corrected chi connectivity index (χ0v) is 15.5. The van der Waals surface area contributed by atoms with Crippen LogP contribution >= 0.6 is 0 Å². The number of nitrogens with zero attached hydrogens (tertiary/aromatic N) is 4. The van der Waals surface area contributed by atoms with Gasteiger partial charge in [-0.1, -0.05) is 37.8 Å². The lowest BCUT2D eigenvalue weighted by Crippen LogP contribution is -2.23. The molecule has 0 saturated heterocycles. The van der Waals surface area contributed by atoms with Crippen LogP contribution in [0, 0.1) is 0 Å². The Bertz CT molecular complexity index is 874. The highest BCUT2D eigenvalue weighted by Gasteiger charge is 2.16. The average molecular weight is 356 g/mol. The standard InChI is InChI=1S/C17H20N4O3Si/c1-25(2,3)11-10-24-17(23)21-12-13(8-9-16(22)19-20-18)14-6-4-5-7-15(14)21/h4-9,12H,10-11H2,1-3H3/b9-8+. The van der Waals surface area contributed by atoms with Crippen LogP contribution in [0.3, 0.4) is 0 Å². The topological polar surface area (TPSA) is 97.1 Å². The fraction of sp³-hybridized carbons (Fsp3) is 0.294. The van der Waals surface area contributed by atoms with E-state index in [0.717, 1.165) is 11.4 Å². The van der Waals surface area contributed by atoms with Gasteiger partial charge in [0.05, 0.1) is 12.1 Å². The summed E-state index contributed by atoms with van der Waals surface area (Å²) in [6, 6.07) is 8.22. The van der Waals surface area contributed by atoms with Gasteiger partial charge in [-0.05, 0) is 34.9 Å². The van der Waals surface area contributed by atoms with Gasteiger partial charge in [0.15, 0.2) is 0 Å². The van der Waals surface area contributed by atoms with Crippen LogP contribution < -0.4 is 0 Å². The molecule has 0 saturated carbocycles. The summed E-state index contributed by atoms with van der Waals surface area (Å²) in [5, 5.41) is 3.79. The molecule has 0 bridgehead atoms. The first-order valence-electron chi connectivity index (χ1n) is 7.86. The highest BCUT2D eigenvalue weighted by molar-refractivity contribution is 6.76. The summed E-state index contributed by atoms with van der Waals surface area (Å²) in [5.74, 6) is -0.697. The average Bonchev–Trinajstić information content (AvgIpc) is 2.91. The van der Waals surface area contributed by atoms with Crippen LogP contribution in [0.25, 0.3) is 27.4 Å². The SMILES string of the molecule is C[Si](C)(C)CCOC(=O)n1cc(/C=C/C(=O)N=[N+]=[N-])c2ccccc21. The third-order valence-corrected chi connectivity index (χ3v) is 5.27. The van der Waals surface area contributed by atoms with Crippen molar-refractivity contribution >= 4 is 37.1 Å². The molecule has 7 nitrogen and oxygen atoms in total. The summed E-state index contributed by atoms with van der Waals surface area (Å²) in [5.41, 5.74) is 9.62. The summed E-state index contributed by atoms with van der Waals surface area (Å²) >= 11 is 0. The van der Waals surface area contributed by atoms with Crippen molar-refractivity contribution in [3.8, 4) is 0 Å². The zero-order chi connectivity index (χ0) is 18.4. The fourth-order valence-electron chi connectivity index (χ4n) is 2.24. The van der Waals surface area contributed by atoms with Crippen molar-refractivity contribution in [2.45, 2.75) is 25.7 Å². The number of amides is 1. The van der Waals surface area contributed by atoms with Crippen molar-refractivity contribution in [3.05, 3.63) is 52.5 Å². The molecule has 2 aromatic rings. The predicted molar refractivity (Wildman–Crippen MR) is 100 cm³/mol. The second-order valence-electron chi connectivity index (χ2n) is 6.76. The zero-order valence-electron chi connectivity index (χ0n) is 14.5. The second kappa shape index (κ2) is 7.83. The number of para-hydroxylation sites is 1. The Labute approximate surface area is 146 Å². The van der Waals surface area contributed by atoms with E-state index in [4.69, 9.17) is 10.3 Å². The Morgan fingerprint density at radius 1 is 1.32 bits per heavy atom. The predicted octanol–water partition coefficient (Wildman–Crippen LogP) is 4.81. The van der Waals surface area contributed by atoms with Crippen LogP contribution in [0.5, 0.6) is 0 Å². The van der Waals surface area contributed by atoms with E-state index < -0.39 is 20.1 Å². The largest absolute Gasteiger partial charge is 0.449 e. The number of carbonyl (C=O) groups excluding carboxylic acids is 2. The van der Waals surface area contributed by atoms with Gasteiger partial charge in [-0.3, -0.25) is 9.36 Å². The number of azide groups is 1. The third-order valence-electron chi connectivity index (χ3n) is 3.57. The van der Waals surface area contributed by atoms with Gasteiger partial charge in [0.2, 0.25) is 5.91 Å². The van der Waals surface area contributed by atoms with E-state index in [0.29, 0.717) is 17.7 Å². The quantitative estimate of drug-likeness (QED) is 0.253. The minimum absolute atomic E-state index is 0.390. The first-order valence-corrected chi connectivity index (χ1v) is 11.6. The highest BCUT2D eigenvalue weighted by Crippen LogP contribution is 2.23. The first kappa shape index (κ1) is 18.5. The smallest absolute Gasteiger partial charge is 0.418 e. The number of hydrogen-bond acceptors (Lipinski definition) is 3. The molecule has 1 amide bonds. The summed E-state index contributed by atoms with van der Waals surface area (Å²) in [7, 11) is -1.28. The van der Waals surface area contributed by atoms with E-state index in [1.54, 1.807) is 6.20 Å². The molecule has 1 heterocycles. The van der Waals surface area contributed by atoms with Crippen LogP contribution in [0.2, 0.25) is 25.7 Å². The third kappa shape index (κ3) is 5.07. The molecule has 0 fully saturated rings. The van der Waals surface area contributed by atoms with Gasteiger partial charge in [-0.25, -0.2) is 4.79 Å². The van der Waals surface area contributed by atoms with E-state index in [2.05, 4.69) is 29.7 Å². The van der Waals surface area contributed by atoms with Crippen molar-refractivity contribution in [1.29, 1.82) is 0 Å². The lowest BCUT2D eigenvalue weighted by Gasteiger charge is -2.15. The first-order chi connectivity index (χ1) is 11.8. The lowest BCUT2D eigenvalue weighted by atomic mass is 10.1. The van der Waals surface area contributed by atoms with E-state index >= 15 is 0 Å². The minimum Gasteiger partial charge on any atom is -0.449 e. The molecule has 130 valence electrons. The van der Waals surface area contributed by atoms with Crippen molar-refractivity contribution in [2.24, 2.45) is 5.11 Å². The Balaban J connectivity index is 2.27. The molecule has 0 unspecified atom stereocenters. The molecule has 0 atom stereocenters. The van der Waals surface area contributed by atoms with Crippen molar-refractivity contribution in [2.75, 3.05) is 6.61 Å².